The number of nitrogens with zero attached hydrogens (tertiary/aromatic N) is 1. The number of alkyl halides is 3. The van der Waals surface area contributed by atoms with Gasteiger partial charge in [-0.2, -0.15) is 13.2 Å². The molecule has 0 aliphatic carbocycles. The number of aliphatic imine (C=N–C) groups is 1. The van der Waals surface area contributed by atoms with E-state index in [1.54, 1.807) is 32.0 Å². The highest BCUT2D eigenvalue weighted by molar-refractivity contribution is 6.02. The summed E-state index contributed by atoms with van der Waals surface area (Å²) < 4.78 is 52.0. The summed E-state index contributed by atoms with van der Waals surface area (Å²) in [4.78, 5) is 6.96. The van der Waals surface area contributed by atoms with Crippen molar-refractivity contribution >= 4 is 28.5 Å². The zero-order valence-corrected chi connectivity index (χ0v) is 17.0. The fraction of sp³-hybridized carbons (Fsp3) is 0.318. The minimum Gasteiger partial charge on any atom is -0.494 e. The summed E-state index contributed by atoms with van der Waals surface area (Å²) in [5.74, 6) is -0.841. The van der Waals surface area contributed by atoms with E-state index in [0.717, 1.165) is 11.5 Å². The minimum atomic E-state index is -4.57. The standard InChI is InChI=1S/C22H22F3N3O3/c1-21(2)30-12-14(31-21)10-27-19-8-7-13(9-17(19)22(23,24)25)26-11-16-15-5-3-4-6-18(15)28-20(16)29/h3-9,11,14,27-29H,10,12H2,1-2H3. The monoisotopic (exact) mass is 433 g/mol. The molecule has 3 N–H and O–H groups in total. The molecule has 1 saturated heterocycles. The molecular formula is C22H22F3N3O3. The maximum Gasteiger partial charge on any atom is 0.418 e. The molecule has 1 aliphatic rings. The number of hydrogen-bond acceptors (Lipinski definition) is 5. The van der Waals surface area contributed by atoms with Gasteiger partial charge in [0.05, 0.1) is 23.4 Å². The molecule has 0 spiro atoms. The third kappa shape index (κ3) is 4.67. The molecule has 1 atom stereocenters. The first kappa shape index (κ1) is 21.2. The molecule has 6 nitrogen and oxygen atoms in total. The summed E-state index contributed by atoms with van der Waals surface area (Å²) in [5, 5.41) is 13.6. The number of rotatable bonds is 5. The molecule has 1 fully saturated rings. The maximum atomic E-state index is 13.6. The molecule has 1 aromatic heterocycles. The molecule has 0 bridgehead atoms. The van der Waals surface area contributed by atoms with Crippen molar-refractivity contribution in [2.45, 2.75) is 31.9 Å². The topological polar surface area (TPSA) is 78.9 Å². The van der Waals surface area contributed by atoms with Gasteiger partial charge in [-0.05, 0) is 38.1 Å². The molecular weight excluding hydrogens is 411 g/mol. The predicted molar refractivity (Wildman–Crippen MR) is 112 cm³/mol. The summed E-state index contributed by atoms with van der Waals surface area (Å²) >= 11 is 0. The number of fused-ring (bicyclic) bond motifs is 1. The van der Waals surface area contributed by atoms with Crippen LogP contribution in [-0.4, -0.2) is 41.3 Å². The van der Waals surface area contributed by atoms with Crippen LogP contribution in [0.25, 0.3) is 10.9 Å². The van der Waals surface area contributed by atoms with E-state index in [4.69, 9.17) is 9.47 Å². The first-order valence-corrected chi connectivity index (χ1v) is 9.73. The minimum absolute atomic E-state index is 0.0605. The number of ether oxygens (including phenoxy) is 2. The second-order valence-electron chi connectivity index (χ2n) is 7.75. The van der Waals surface area contributed by atoms with Gasteiger partial charge >= 0.3 is 6.18 Å². The fourth-order valence-corrected chi connectivity index (χ4v) is 3.51. The molecule has 2 heterocycles. The largest absolute Gasteiger partial charge is 0.494 e. The fourth-order valence-electron chi connectivity index (χ4n) is 3.51. The van der Waals surface area contributed by atoms with Crippen LogP contribution in [0.15, 0.2) is 47.5 Å². The number of aromatic nitrogens is 1. The van der Waals surface area contributed by atoms with Crippen molar-refractivity contribution in [3.8, 4) is 5.88 Å². The Morgan fingerprint density at radius 3 is 2.74 bits per heavy atom. The maximum absolute atomic E-state index is 13.6. The predicted octanol–water partition coefficient (Wildman–Crippen LogP) is 5.21. The number of anilines is 1. The van der Waals surface area contributed by atoms with Gasteiger partial charge in [0, 0.05) is 29.3 Å². The van der Waals surface area contributed by atoms with Gasteiger partial charge in [0.2, 0.25) is 0 Å². The first-order valence-electron chi connectivity index (χ1n) is 9.73. The SMILES string of the molecule is CC1(C)OCC(CNc2ccc(N=Cc3c(O)[nH]c4ccccc34)cc2C(F)(F)F)O1. The van der Waals surface area contributed by atoms with Crippen LogP contribution in [0.2, 0.25) is 0 Å². The van der Waals surface area contributed by atoms with Crippen LogP contribution >= 0.6 is 0 Å². The Bertz CT molecular complexity index is 1120. The highest BCUT2D eigenvalue weighted by Crippen LogP contribution is 2.37. The van der Waals surface area contributed by atoms with Gasteiger partial charge in [-0.1, -0.05) is 18.2 Å². The molecule has 0 radical (unpaired) electrons. The number of para-hydroxylation sites is 1. The van der Waals surface area contributed by atoms with Crippen LogP contribution in [0.4, 0.5) is 24.5 Å². The van der Waals surface area contributed by atoms with Crippen molar-refractivity contribution < 1.29 is 27.8 Å². The summed E-state index contributed by atoms with van der Waals surface area (Å²) in [5.41, 5.74) is 0.341. The molecule has 31 heavy (non-hydrogen) atoms. The number of nitrogens with one attached hydrogen (secondary N) is 2. The lowest BCUT2D eigenvalue weighted by Gasteiger charge is -2.19. The molecule has 164 valence electrons. The van der Waals surface area contributed by atoms with Crippen LogP contribution in [0.5, 0.6) is 5.88 Å². The van der Waals surface area contributed by atoms with E-state index in [1.807, 2.05) is 6.07 Å². The third-order valence-electron chi connectivity index (χ3n) is 4.96. The lowest BCUT2D eigenvalue weighted by Crippen LogP contribution is -2.26. The zero-order valence-electron chi connectivity index (χ0n) is 17.0. The third-order valence-corrected chi connectivity index (χ3v) is 4.96. The number of hydrogen-bond donors (Lipinski definition) is 3. The van der Waals surface area contributed by atoms with Gasteiger partial charge in [0.25, 0.3) is 0 Å². The van der Waals surface area contributed by atoms with E-state index in [9.17, 15) is 18.3 Å². The van der Waals surface area contributed by atoms with E-state index < -0.39 is 17.5 Å². The average molecular weight is 433 g/mol. The van der Waals surface area contributed by atoms with Gasteiger partial charge in [-0.3, -0.25) is 4.99 Å². The Morgan fingerprint density at radius 2 is 2.03 bits per heavy atom. The Labute approximate surface area is 176 Å². The normalized spacial score (nSPS) is 18.8. The van der Waals surface area contributed by atoms with Crippen LogP contribution in [-0.2, 0) is 15.7 Å². The molecule has 1 unspecified atom stereocenters. The summed E-state index contributed by atoms with van der Waals surface area (Å²) in [6.45, 7) is 4.00. The summed E-state index contributed by atoms with van der Waals surface area (Å²) in [6, 6.07) is 11.0. The van der Waals surface area contributed by atoms with Gasteiger partial charge in [0.15, 0.2) is 11.7 Å². The number of aromatic hydroxyl groups is 1. The van der Waals surface area contributed by atoms with Crippen molar-refractivity contribution in [1.29, 1.82) is 0 Å². The summed E-state index contributed by atoms with van der Waals surface area (Å²) in [7, 11) is 0. The van der Waals surface area contributed by atoms with Crippen molar-refractivity contribution in [2.75, 3.05) is 18.5 Å². The van der Waals surface area contributed by atoms with E-state index in [-0.39, 0.29) is 29.9 Å². The molecule has 3 aromatic rings. The van der Waals surface area contributed by atoms with Crippen molar-refractivity contribution in [1.82, 2.24) is 4.98 Å². The van der Waals surface area contributed by atoms with Crippen LogP contribution in [0.3, 0.4) is 0 Å². The molecule has 0 amide bonds. The lowest BCUT2D eigenvalue weighted by atomic mass is 10.1. The summed E-state index contributed by atoms with van der Waals surface area (Å²) in [6.07, 6.45) is -3.57. The Balaban J connectivity index is 1.57. The van der Waals surface area contributed by atoms with Crippen LogP contribution in [0.1, 0.15) is 25.0 Å². The Kier molecular flexibility index (Phi) is 5.40. The Hall–Kier alpha value is -3.04. The quantitative estimate of drug-likeness (QED) is 0.483. The van der Waals surface area contributed by atoms with E-state index >= 15 is 0 Å². The second-order valence-corrected chi connectivity index (χ2v) is 7.75. The van der Waals surface area contributed by atoms with Crippen molar-refractivity contribution in [3.05, 3.63) is 53.6 Å². The van der Waals surface area contributed by atoms with Crippen LogP contribution < -0.4 is 5.32 Å². The molecule has 1 aliphatic heterocycles. The Morgan fingerprint density at radius 1 is 1.26 bits per heavy atom. The highest BCUT2D eigenvalue weighted by Gasteiger charge is 2.35. The molecule has 4 rings (SSSR count). The van der Waals surface area contributed by atoms with Gasteiger partial charge in [-0.25, -0.2) is 0 Å². The number of benzene rings is 2. The highest BCUT2D eigenvalue weighted by atomic mass is 19.4. The van der Waals surface area contributed by atoms with Crippen LogP contribution in [0, 0.1) is 0 Å². The second kappa shape index (κ2) is 7.90. The number of aromatic amines is 1. The molecule has 9 heteroatoms. The van der Waals surface area contributed by atoms with E-state index in [1.165, 1.54) is 18.3 Å². The number of halogens is 3. The van der Waals surface area contributed by atoms with Gasteiger partial charge < -0.3 is 24.9 Å². The molecule has 0 saturated carbocycles. The van der Waals surface area contributed by atoms with Gasteiger partial charge in [0.1, 0.15) is 6.10 Å². The zero-order chi connectivity index (χ0) is 22.2. The smallest absolute Gasteiger partial charge is 0.418 e. The van der Waals surface area contributed by atoms with Gasteiger partial charge in [-0.15, -0.1) is 0 Å². The number of H-pyrrole nitrogens is 1. The van der Waals surface area contributed by atoms with Crippen molar-refractivity contribution in [2.24, 2.45) is 4.99 Å². The average Bonchev–Trinajstić information content (AvgIpc) is 3.22. The first-order chi connectivity index (χ1) is 14.6. The lowest BCUT2D eigenvalue weighted by molar-refractivity contribution is -0.138. The van der Waals surface area contributed by atoms with Crippen molar-refractivity contribution in [3.63, 3.8) is 0 Å². The van der Waals surface area contributed by atoms with E-state index in [2.05, 4.69) is 15.3 Å². The van der Waals surface area contributed by atoms with E-state index in [0.29, 0.717) is 17.7 Å². The molecule has 2 aromatic carbocycles.